The fourth-order valence-corrected chi connectivity index (χ4v) is 2.65. The third-order valence-electron chi connectivity index (χ3n) is 3.87. The highest BCUT2D eigenvalue weighted by atomic mass is 127. The van der Waals surface area contributed by atoms with E-state index in [1.54, 1.807) is 0 Å². The molecule has 0 aliphatic rings. The van der Waals surface area contributed by atoms with Crippen molar-refractivity contribution in [2.24, 2.45) is 12.0 Å². The summed E-state index contributed by atoms with van der Waals surface area (Å²) in [5.41, 5.74) is 1.52. The van der Waals surface area contributed by atoms with Crippen molar-refractivity contribution < 1.29 is 13.2 Å². The molecule has 9 heteroatoms. The van der Waals surface area contributed by atoms with Gasteiger partial charge in [-0.15, -0.1) is 24.0 Å². The van der Waals surface area contributed by atoms with Gasteiger partial charge in [-0.2, -0.15) is 18.3 Å². The summed E-state index contributed by atoms with van der Waals surface area (Å²) in [6.07, 6.45) is -2.23. The predicted molar refractivity (Wildman–Crippen MR) is 111 cm³/mol. The number of benzene rings is 1. The molecule has 0 saturated carbocycles. The van der Waals surface area contributed by atoms with Crippen molar-refractivity contribution in [2.75, 3.05) is 6.54 Å². The van der Waals surface area contributed by atoms with Crippen molar-refractivity contribution in [1.82, 2.24) is 20.4 Å². The molecular formula is C18H25F3IN5. The van der Waals surface area contributed by atoms with E-state index in [0.717, 1.165) is 16.7 Å². The van der Waals surface area contributed by atoms with Gasteiger partial charge in [-0.3, -0.25) is 4.68 Å². The van der Waals surface area contributed by atoms with Gasteiger partial charge >= 0.3 is 6.18 Å². The Balaban J connectivity index is 0.00000364. The van der Waals surface area contributed by atoms with Gasteiger partial charge in [-0.1, -0.05) is 31.2 Å². The van der Waals surface area contributed by atoms with Crippen molar-refractivity contribution in [3.05, 3.63) is 52.8 Å². The van der Waals surface area contributed by atoms with E-state index in [4.69, 9.17) is 0 Å². The highest BCUT2D eigenvalue weighted by Crippen LogP contribution is 2.30. The Hall–Kier alpha value is -1.78. The molecular weight excluding hydrogens is 470 g/mol. The Labute approximate surface area is 174 Å². The fourth-order valence-electron chi connectivity index (χ4n) is 2.65. The number of aliphatic imine (C=N–C) groups is 1. The SMILES string of the molecule is CCNC(=NCc1cn(C)nc1C(F)(F)F)NCc1ccccc1CC.I. The van der Waals surface area contributed by atoms with E-state index in [1.165, 1.54) is 18.8 Å². The van der Waals surface area contributed by atoms with Crippen molar-refractivity contribution in [3.63, 3.8) is 0 Å². The lowest BCUT2D eigenvalue weighted by Crippen LogP contribution is -2.37. The Morgan fingerprint density at radius 2 is 1.78 bits per heavy atom. The van der Waals surface area contributed by atoms with Gasteiger partial charge in [0.2, 0.25) is 0 Å². The van der Waals surface area contributed by atoms with Gasteiger partial charge in [0.15, 0.2) is 11.7 Å². The predicted octanol–water partition coefficient (Wildman–Crippen LogP) is 3.87. The van der Waals surface area contributed by atoms with Crippen molar-refractivity contribution in [1.29, 1.82) is 0 Å². The number of hydrogen-bond donors (Lipinski definition) is 2. The lowest BCUT2D eigenvalue weighted by atomic mass is 10.1. The first-order valence-electron chi connectivity index (χ1n) is 8.53. The van der Waals surface area contributed by atoms with Gasteiger partial charge in [0.1, 0.15) is 0 Å². The summed E-state index contributed by atoms with van der Waals surface area (Å²) >= 11 is 0. The average molecular weight is 495 g/mol. The van der Waals surface area contributed by atoms with E-state index in [1.807, 2.05) is 25.1 Å². The van der Waals surface area contributed by atoms with Crippen LogP contribution in [0.1, 0.15) is 36.2 Å². The largest absolute Gasteiger partial charge is 0.435 e. The Morgan fingerprint density at radius 1 is 1.11 bits per heavy atom. The van der Waals surface area contributed by atoms with Crippen LogP contribution in [-0.2, 0) is 32.7 Å². The molecule has 1 heterocycles. The molecule has 2 rings (SSSR count). The highest BCUT2D eigenvalue weighted by molar-refractivity contribution is 14.0. The minimum absolute atomic E-state index is 0. The molecule has 2 aromatic rings. The summed E-state index contributed by atoms with van der Waals surface area (Å²) in [6, 6.07) is 8.04. The van der Waals surface area contributed by atoms with Gasteiger partial charge in [0, 0.05) is 31.9 Å². The fraction of sp³-hybridized carbons (Fsp3) is 0.444. The number of alkyl halides is 3. The van der Waals surface area contributed by atoms with Crippen LogP contribution < -0.4 is 10.6 Å². The molecule has 0 bridgehead atoms. The Morgan fingerprint density at radius 3 is 2.37 bits per heavy atom. The van der Waals surface area contributed by atoms with Crippen LogP contribution in [-0.4, -0.2) is 22.3 Å². The number of rotatable bonds is 6. The maximum absolute atomic E-state index is 13.0. The van der Waals surface area contributed by atoms with E-state index < -0.39 is 11.9 Å². The van der Waals surface area contributed by atoms with Crippen molar-refractivity contribution in [3.8, 4) is 0 Å². The van der Waals surface area contributed by atoms with Crippen LogP contribution in [0.3, 0.4) is 0 Å². The molecule has 0 unspecified atom stereocenters. The second-order valence-corrected chi connectivity index (χ2v) is 5.85. The van der Waals surface area contributed by atoms with E-state index in [-0.39, 0.29) is 36.1 Å². The van der Waals surface area contributed by atoms with Crippen LogP contribution >= 0.6 is 24.0 Å². The zero-order valence-electron chi connectivity index (χ0n) is 15.6. The summed E-state index contributed by atoms with van der Waals surface area (Å²) in [7, 11) is 1.47. The van der Waals surface area contributed by atoms with E-state index in [0.29, 0.717) is 19.0 Å². The van der Waals surface area contributed by atoms with Gasteiger partial charge in [0.25, 0.3) is 0 Å². The molecule has 0 amide bonds. The smallest absolute Gasteiger partial charge is 0.357 e. The number of nitrogens with zero attached hydrogens (tertiary/aromatic N) is 3. The van der Waals surface area contributed by atoms with Crippen LogP contribution in [0, 0.1) is 0 Å². The molecule has 1 aromatic carbocycles. The number of guanidine groups is 1. The summed E-state index contributed by atoms with van der Waals surface area (Å²) < 4.78 is 40.3. The third kappa shape index (κ3) is 6.71. The summed E-state index contributed by atoms with van der Waals surface area (Å²) in [6.45, 7) is 5.05. The van der Waals surface area contributed by atoms with Crippen LogP contribution in [0.5, 0.6) is 0 Å². The molecule has 1 aromatic heterocycles. The second kappa shape index (κ2) is 10.5. The molecule has 0 aliphatic carbocycles. The maximum Gasteiger partial charge on any atom is 0.435 e. The number of nitrogens with one attached hydrogen (secondary N) is 2. The quantitative estimate of drug-likeness (QED) is 0.364. The van der Waals surface area contributed by atoms with E-state index >= 15 is 0 Å². The summed E-state index contributed by atoms with van der Waals surface area (Å²) in [5.74, 6) is 0.468. The first-order valence-corrected chi connectivity index (χ1v) is 8.53. The van der Waals surface area contributed by atoms with Gasteiger partial charge in [-0.05, 0) is 24.5 Å². The van der Waals surface area contributed by atoms with Gasteiger partial charge < -0.3 is 10.6 Å². The standard InChI is InChI=1S/C18H24F3N5.HI/c1-4-13-8-6-7-9-14(13)10-23-17(22-5-2)24-11-15-12-26(3)25-16(15)18(19,20)21;/h6-9,12H,4-5,10-11H2,1-3H3,(H2,22,23,24);1H. The molecule has 0 aliphatic heterocycles. The highest BCUT2D eigenvalue weighted by Gasteiger charge is 2.36. The zero-order valence-corrected chi connectivity index (χ0v) is 17.9. The molecule has 0 radical (unpaired) electrons. The minimum Gasteiger partial charge on any atom is -0.357 e. The molecule has 5 nitrogen and oxygen atoms in total. The van der Waals surface area contributed by atoms with E-state index in [2.05, 4.69) is 33.7 Å². The first kappa shape index (κ1) is 23.3. The first-order chi connectivity index (χ1) is 12.3. The lowest BCUT2D eigenvalue weighted by Gasteiger charge is -2.13. The molecule has 27 heavy (non-hydrogen) atoms. The lowest BCUT2D eigenvalue weighted by molar-refractivity contribution is -0.142. The van der Waals surface area contributed by atoms with Crippen LogP contribution in [0.25, 0.3) is 0 Å². The van der Waals surface area contributed by atoms with Gasteiger partial charge in [0.05, 0.1) is 6.54 Å². The van der Waals surface area contributed by atoms with Crippen molar-refractivity contribution >= 4 is 29.9 Å². The third-order valence-corrected chi connectivity index (χ3v) is 3.87. The maximum atomic E-state index is 13.0. The molecule has 0 saturated heterocycles. The van der Waals surface area contributed by atoms with Gasteiger partial charge in [-0.25, -0.2) is 4.99 Å². The number of hydrogen-bond acceptors (Lipinski definition) is 2. The Bertz CT molecular complexity index is 756. The average Bonchev–Trinajstić information content (AvgIpc) is 2.99. The van der Waals surface area contributed by atoms with Crippen LogP contribution in [0.15, 0.2) is 35.5 Å². The number of halogens is 4. The molecule has 150 valence electrons. The van der Waals surface area contributed by atoms with Crippen LogP contribution in [0.4, 0.5) is 13.2 Å². The topological polar surface area (TPSA) is 54.2 Å². The molecule has 0 spiro atoms. The molecule has 2 N–H and O–H groups in total. The van der Waals surface area contributed by atoms with Crippen molar-refractivity contribution in [2.45, 2.75) is 39.5 Å². The Kier molecular flexibility index (Phi) is 9.07. The zero-order chi connectivity index (χ0) is 19.2. The number of aromatic nitrogens is 2. The molecule has 0 fully saturated rings. The number of aryl methyl sites for hydroxylation is 2. The molecule has 0 atom stereocenters. The second-order valence-electron chi connectivity index (χ2n) is 5.85. The summed E-state index contributed by atoms with van der Waals surface area (Å²) in [5, 5.41) is 9.74. The van der Waals surface area contributed by atoms with Crippen LogP contribution in [0.2, 0.25) is 0 Å². The normalized spacial score (nSPS) is 11.9. The summed E-state index contributed by atoms with van der Waals surface area (Å²) in [4.78, 5) is 4.28. The monoisotopic (exact) mass is 495 g/mol. The van der Waals surface area contributed by atoms with E-state index in [9.17, 15) is 13.2 Å². The minimum atomic E-state index is -4.49.